The molecule has 0 saturated heterocycles. The molecular formula is C19H16FN5OS. The van der Waals surface area contributed by atoms with Crippen LogP contribution in [0.1, 0.15) is 12.7 Å². The number of aromatic amines is 1. The molecule has 2 heterocycles. The van der Waals surface area contributed by atoms with Crippen molar-refractivity contribution in [3.05, 3.63) is 70.5 Å². The van der Waals surface area contributed by atoms with Crippen LogP contribution in [0.2, 0.25) is 0 Å². The third-order valence-electron chi connectivity index (χ3n) is 4.14. The summed E-state index contributed by atoms with van der Waals surface area (Å²) in [5.74, 6) is 1.43. The highest BCUT2D eigenvalue weighted by Crippen LogP contribution is 2.25. The lowest BCUT2D eigenvalue weighted by molar-refractivity contribution is 0.627. The van der Waals surface area contributed by atoms with Gasteiger partial charge in [-0.1, -0.05) is 23.9 Å². The maximum absolute atomic E-state index is 13.2. The summed E-state index contributed by atoms with van der Waals surface area (Å²) in [7, 11) is 0. The van der Waals surface area contributed by atoms with Crippen molar-refractivity contribution < 1.29 is 4.39 Å². The van der Waals surface area contributed by atoms with Crippen LogP contribution in [0.5, 0.6) is 0 Å². The van der Waals surface area contributed by atoms with Gasteiger partial charge >= 0.3 is 0 Å². The average Bonchev–Trinajstić information content (AvgIpc) is 3.10. The van der Waals surface area contributed by atoms with E-state index in [9.17, 15) is 9.18 Å². The summed E-state index contributed by atoms with van der Waals surface area (Å²) in [6.45, 7) is 2.67. The number of nitrogens with one attached hydrogen (secondary N) is 1. The van der Waals surface area contributed by atoms with Crippen molar-refractivity contribution in [3.8, 4) is 11.4 Å². The van der Waals surface area contributed by atoms with Crippen LogP contribution < -0.4 is 5.56 Å². The van der Waals surface area contributed by atoms with Crippen molar-refractivity contribution in [2.45, 2.75) is 24.4 Å². The summed E-state index contributed by atoms with van der Waals surface area (Å²) in [6, 6.07) is 13.4. The van der Waals surface area contributed by atoms with E-state index >= 15 is 0 Å². The van der Waals surface area contributed by atoms with E-state index in [0.29, 0.717) is 40.0 Å². The van der Waals surface area contributed by atoms with Crippen LogP contribution in [-0.4, -0.2) is 24.7 Å². The van der Waals surface area contributed by atoms with Gasteiger partial charge in [0, 0.05) is 12.1 Å². The number of thioether (sulfide) groups is 1. The van der Waals surface area contributed by atoms with Crippen LogP contribution in [0.3, 0.4) is 0 Å². The first-order chi connectivity index (χ1) is 13.2. The Morgan fingerprint density at radius 3 is 2.67 bits per heavy atom. The Labute approximate surface area is 158 Å². The number of H-pyrrole nitrogens is 1. The molecule has 0 atom stereocenters. The minimum absolute atomic E-state index is 0.153. The normalized spacial score (nSPS) is 11.2. The third-order valence-corrected chi connectivity index (χ3v) is 5.11. The largest absolute Gasteiger partial charge is 0.309 e. The smallest absolute Gasteiger partial charge is 0.258 e. The topological polar surface area (TPSA) is 76.5 Å². The zero-order valence-corrected chi connectivity index (χ0v) is 15.3. The molecule has 0 amide bonds. The molecule has 136 valence electrons. The summed E-state index contributed by atoms with van der Waals surface area (Å²) in [6.07, 6.45) is 0. The summed E-state index contributed by atoms with van der Waals surface area (Å²) in [5, 5.41) is 9.78. The second-order valence-corrected chi connectivity index (χ2v) is 6.82. The standard InChI is InChI=1S/C19H16FN5OS/c1-2-25-17(12-7-9-13(20)10-8-12)23-24-19(25)27-11-16-21-15-6-4-3-5-14(15)18(26)22-16/h3-10H,2,11H2,1H3,(H,21,22,26). The fraction of sp³-hybridized carbons (Fsp3) is 0.158. The van der Waals surface area contributed by atoms with Crippen molar-refractivity contribution in [2.75, 3.05) is 0 Å². The fourth-order valence-corrected chi connectivity index (χ4v) is 3.70. The summed E-state index contributed by atoms with van der Waals surface area (Å²) < 4.78 is 15.1. The van der Waals surface area contributed by atoms with Crippen LogP contribution in [0.4, 0.5) is 4.39 Å². The Kier molecular flexibility index (Phi) is 4.72. The Morgan fingerprint density at radius 2 is 1.89 bits per heavy atom. The van der Waals surface area contributed by atoms with Gasteiger partial charge in [-0.15, -0.1) is 10.2 Å². The summed E-state index contributed by atoms with van der Waals surface area (Å²) >= 11 is 1.44. The van der Waals surface area contributed by atoms with Crippen molar-refractivity contribution in [2.24, 2.45) is 0 Å². The minimum atomic E-state index is -0.290. The van der Waals surface area contributed by atoms with E-state index in [1.54, 1.807) is 18.2 Å². The molecule has 0 saturated carbocycles. The highest BCUT2D eigenvalue weighted by molar-refractivity contribution is 7.98. The number of fused-ring (bicyclic) bond motifs is 1. The first kappa shape index (κ1) is 17.4. The van der Waals surface area contributed by atoms with E-state index in [2.05, 4.69) is 20.2 Å². The van der Waals surface area contributed by atoms with Gasteiger partial charge in [-0.3, -0.25) is 4.79 Å². The second-order valence-electron chi connectivity index (χ2n) is 5.88. The molecule has 6 nitrogen and oxygen atoms in total. The Morgan fingerprint density at radius 1 is 1.11 bits per heavy atom. The van der Waals surface area contributed by atoms with Crippen LogP contribution in [0.25, 0.3) is 22.3 Å². The zero-order valence-electron chi connectivity index (χ0n) is 14.5. The maximum atomic E-state index is 13.2. The van der Waals surface area contributed by atoms with Gasteiger partial charge in [-0.25, -0.2) is 9.37 Å². The quantitative estimate of drug-likeness (QED) is 0.534. The first-order valence-corrected chi connectivity index (χ1v) is 9.44. The van der Waals surface area contributed by atoms with Gasteiger partial charge in [-0.05, 0) is 43.3 Å². The summed E-state index contributed by atoms with van der Waals surface area (Å²) in [5.41, 5.74) is 1.32. The molecule has 4 aromatic rings. The molecule has 4 rings (SSSR count). The number of nitrogens with zero attached hydrogens (tertiary/aromatic N) is 4. The number of hydrogen-bond donors (Lipinski definition) is 1. The molecule has 0 radical (unpaired) electrons. The molecule has 2 aromatic heterocycles. The molecule has 0 unspecified atom stereocenters. The average molecular weight is 381 g/mol. The fourth-order valence-electron chi connectivity index (χ4n) is 2.83. The molecule has 0 aliphatic rings. The molecule has 0 aliphatic heterocycles. The van der Waals surface area contributed by atoms with Gasteiger partial charge in [0.1, 0.15) is 11.6 Å². The molecule has 2 aromatic carbocycles. The SMILES string of the molecule is CCn1c(SCc2nc3ccccc3c(=O)[nH]2)nnc1-c1ccc(F)cc1. The first-order valence-electron chi connectivity index (χ1n) is 8.45. The van der Waals surface area contributed by atoms with Crippen LogP contribution in [0.15, 0.2) is 58.5 Å². The highest BCUT2D eigenvalue weighted by atomic mass is 32.2. The number of halogens is 1. The van der Waals surface area contributed by atoms with E-state index < -0.39 is 0 Å². The lowest BCUT2D eigenvalue weighted by Crippen LogP contribution is -2.11. The molecule has 0 fully saturated rings. The van der Waals surface area contributed by atoms with Crippen LogP contribution >= 0.6 is 11.8 Å². The molecule has 0 spiro atoms. The van der Waals surface area contributed by atoms with E-state index in [1.165, 1.54) is 23.9 Å². The van der Waals surface area contributed by atoms with Gasteiger partial charge in [0.05, 0.1) is 16.7 Å². The minimum Gasteiger partial charge on any atom is -0.309 e. The predicted molar refractivity (Wildman–Crippen MR) is 103 cm³/mol. The van der Waals surface area contributed by atoms with Crippen molar-refractivity contribution in [1.82, 2.24) is 24.7 Å². The Balaban J connectivity index is 1.60. The Hall–Kier alpha value is -3.00. The lowest BCUT2D eigenvalue weighted by atomic mass is 10.2. The second kappa shape index (κ2) is 7.32. The van der Waals surface area contributed by atoms with Gasteiger partial charge < -0.3 is 9.55 Å². The summed E-state index contributed by atoms with van der Waals surface area (Å²) in [4.78, 5) is 19.5. The highest BCUT2D eigenvalue weighted by Gasteiger charge is 2.14. The molecule has 0 bridgehead atoms. The Bertz CT molecular complexity index is 1150. The van der Waals surface area contributed by atoms with E-state index in [4.69, 9.17) is 0 Å². The van der Waals surface area contributed by atoms with Crippen molar-refractivity contribution >= 4 is 22.7 Å². The van der Waals surface area contributed by atoms with Gasteiger partial charge in [0.25, 0.3) is 5.56 Å². The van der Waals surface area contributed by atoms with Crippen LogP contribution in [0, 0.1) is 5.82 Å². The monoisotopic (exact) mass is 381 g/mol. The number of hydrogen-bond acceptors (Lipinski definition) is 5. The molecular weight excluding hydrogens is 365 g/mol. The molecule has 27 heavy (non-hydrogen) atoms. The van der Waals surface area contributed by atoms with Crippen molar-refractivity contribution in [1.29, 1.82) is 0 Å². The number of rotatable bonds is 5. The number of benzene rings is 2. The van der Waals surface area contributed by atoms with Gasteiger partial charge in [0.2, 0.25) is 0 Å². The third kappa shape index (κ3) is 3.48. The number of aromatic nitrogens is 5. The van der Waals surface area contributed by atoms with Gasteiger partial charge in [0.15, 0.2) is 11.0 Å². The van der Waals surface area contributed by atoms with E-state index in [0.717, 1.165) is 5.56 Å². The molecule has 8 heteroatoms. The zero-order chi connectivity index (χ0) is 18.8. The van der Waals surface area contributed by atoms with E-state index in [1.807, 2.05) is 29.7 Å². The van der Waals surface area contributed by atoms with E-state index in [-0.39, 0.29) is 11.4 Å². The molecule has 1 N–H and O–H groups in total. The van der Waals surface area contributed by atoms with Crippen LogP contribution in [-0.2, 0) is 12.3 Å². The molecule has 0 aliphatic carbocycles. The lowest BCUT2D eigenvalue weighted by Gasteiger charge is -2.07. The predicted octanol–water partition coefficient (Wildman–Crippen LogP) is 3.63. The number of para-hydroxylation sites is 1. The van der Waals surface area contributed by atoms with Gasteiger partial charge in [-0.2, -0.15) is 0 Å². The maximum Gasteiger partial charge on any atom is 0.258 e. The van der Waals surface area contributed by atoms with Crippen molar-refractivity contribution in [3.63, 3.8) is 0 Å².